The van der Waals surface area contributed by atoms with Crippen LogP contribution in [0.25, 0.3) is 0 Å². The average molecular weight is 266 g/mol. The summed E-state index contributed by atoms with van der Waals surface area (Å²) in [6, 6.07) is 0. The van der Waals surface area contributed by atoms with Crippen LogP contribution < -0.4 is 5.32 Å². The monoisotopic (exact) mass is 266 g/mol. The van der Waals surface area contributed by atoms with E-state index in [-0.39, 0.29) is 18.1 Å². The van der Waals surface area contributed by atoms with Gasteiger partial charge in [-0.3, -0.25) is 14.8 Å². The van der Waals surface area contributed by atoms with Crippen LogP contribution in [0.5, 0.6) is 0 Å². The first-order valence-electron chi connectivity index (χ1n) is 6.65. The molecule has 0 bridgehead atoms. The van der Waals surface area contributed by atoms with Gasteiger partial charge in [0.05, 0.1) is 35.8 Å². The standard InChI is InChI=1S/C13H22N4O2/c1-8-5-17(6-9(2)19-8)7-12(18)14-13-10(3)15-16-11(13)4/h8-9H,5-7H2,1-4H3,(H,14,18)(H,15,16)/t8-,9-/m0/s1. The second-order valence-electron chi connectivity index (χ2n) is 5.31. The number of nitrogens with one attached hydrogen (secondary N) is 2. The molecule has 2 atom stereocenters. The topological polar surface area (TPSA) is 70.2 Å². The second-order valence-corrected chi connectivity index (χ2v) is 5.31. The molecule has 0 spiro atoms. The highest BCUT2D eigenvalue weighted by atomic mass is 16.5. The number of aromatic amines is 1. The molecule has 0 saturated carbocycles. The first kappa shape index (κ1) is 14.0. The van der Waals surface area contributed by atoms with Crippen LogP contribution in [0.1, 0.15) is 25.2 Å². The van der Waals surface area contributed by atoms with E-state index >= 15 is 0 Å². The van der Waals surface area contributed by atoms with E-state index in [0.29, 0.717) is 6.54 Å². The van der Waals surface area contributed by atoms with Crippen molar-refractivity contribution >= 4 is 11.6 Å². The number of H-pyrrole nitrogens is 1. The van der Waals surface area contributed by atoms with E-state index in [2.05, 4.69) is 20.4 Å². The first-order chi connectivity index (χ1) is 8.95. The van der Waals surface area contributed by atoms with Gasteiger partial charge in [-0.2, -0.15) is 5.10 Å². The van der Waals surface area contributed by atoms with Gasteiger partial charge in [-0.05, 0) is 27.7 Å². The fourth-order valence-electron chi connectivity index (χ4n) is 2.53. The normalized spacial score (nSPS) is 24.4. The summed E-state index contributed by atoms with van der Waals surface area (Å²) in [4.78, 5) is 14.2. The summed E-state index contributed by atoms with van der Waals surface area (Å²) in [6.45, 7) is 9.81. The Morgan fingerprint density at radius 3 is 2.58 bits per heavy atom. The molecule has 0 aromatic carbocycles. The lowest BCUT2D eigenvalue weighted by molar-refractivity contribution is -0.121. The summed E-state index contributed by atoms with van der Waals surface area (Å²) < 4.78 is 5.65. The maximum absolute atomic E-state index is 12.1. The Bertz CT molecular complexity index is 428. The van der Waals surface area contributed by atoms with Gasteiger partial charge in [0, 0.05) is 13.1 Å². The van der Waals surface area contributed by atoms with E-state index in [0.717, 1.165) is 30.2 Å². The van der Waals surface area contributed by atoms with Crippen LogP contribution in [0, 0.1) is 13.8 Å². The van der Waals surface area contributed by atoms with Crippen LogP contribution in [0.3, 0.4) is 0 Å². The molecule has 2 N–H and O–H groups in total. The summed E-state index contributed by atoms with van der Waals surface area (Å²) in [6.07, 6.45) is 0.350. The molecule has 19 heavy (non-hydrogen) atoms. The van der Waals surface area contributed by atoms with Gasteiger partial charge < -0.3 is 10.1 Å². The van der Waals surface area contributed by atoms with Crippen molar-refractivity contribution in [3.63, 3.8) is 0 Å². The predicted molar refractivity (Wildman–Crippen MR) is 73.1 cm³/mol. The van der Waals surface area contributed by atoms with Crippen LogP contribution in [-0.2, 0) is 9.53 Å². The van der Waals surface area contributed by atoms with Gasteiger partial charge in [0.1, 0.15) is 0 Å². The minimum atomic E-state index is -0.00565. The van der Waals surface area contributed by atoms with E-state index in [4.69, 9.17) is 4.74 Å². The van der Waals surface area contributed by atoms with Crippen molar-refractivity contribution in [3.8, 4) is 0 Å². The largest absolute Gasteiger partial charge is 0.373 e. The van der Waals surface area contributed by atoms with Gasteiger partial charge in [0.15, 0.2) is 0 Å². The second kappa shape index (κ2) is 5.71. The first-order valence-corrected chi connectivity index (χ1v) is 6.65. The average Bonchev–Trinajstić information content (AvgIpc) is 2.59. The Morgan fingerprint density at radius 1 is 1.42 bits per heavy atom. The van der Waals surface area contributed by atoms with E-state index in [1.165, 1.54) is 0 Å². The van der Waals surface area contributed by atoms with Crippen molar-refractivity contribution in [2.24, 2.45) is 0 Å². The zero-order chi connectivity index (χ0) is 14.0. The SMILES string of the molecule is Cc1n[nH]c(C)c1NC(=O)CN1C[C@H](C)O[C@@H](C)C1. The molecule has 0 unspecified atom stereocenters. The van der Waals surface area contributed by atoms with E-state index < -0.39 is 0 Å². The summed E-state index contributed by atoms with van der Waals surface area (Å²) >= 11 is 0. The molecular formula is C13H22N4O2. The number of aryl methyl sites for hydroxylation is 2. The third kappa shape index (κ3) is 3.54. The Labute approximate surface area is 113 Å². The van der Waals surface area contributed by atoms with Crippen molar-refractivity contribution in [2.45, 2.75) is 39.9 Å². The van der Waals surface area contributed by atoms with Crippen molar-refractivity contribution in [3.05, 3.63) is 11.4 Å². The Morgan fingerprint density at radius 2 is 2.05 bits per heavy atom. The molecule has 0 radical (unpaired) electrons. The third-order valence-electron chi connectivity index (χ3n) is 3.25. The van der Waals surface area contributed by atoms with Crippen LogP contribution in [0.15, 0.2) is 0 Å². The number of rotatable bonds is 3. The fourth-order valence-corrected chi connectivity index (χ4v) is 2.53. The number of nitrogens with zero attached hydrogens (tertiary/aromatic N) is 2. The molecule has 2 heterocycles. The van der Waals surface area contributed by atoms with E-state index in [1.54, 1.807) is 0 Å². The predicted octanol–water partition coefficient (Wildman–Crippen LogP) is 1.07. The molecule has 1 aromatic heterocycles. The minimum absolute atomic E-state index is 0.00565. The number of ether oxygens (including phenoxy) is 1. The van der Waals surface area contributed by atoms with Gasteiger partial charge in [0.25, 0.3) is 0 Å². The summed E-state index contributed by atoms with van der Waals surface area (Å²) in [7, 11) is 0. The van der Waals surface area contributed by atoms with Gasteiger partial charge in [-0.1, -0.05) is 0 Å². The quantitative estimate of drug-likeness (QED) is 0.858. The molecule has 1 amide bonds. The van der Waals surface area contributed by atoms with Crippen molar-refractivity contribution in [1.82, 2.24) is 15.1 Å². The van der Waals surface area contributed by atoms with Crippen molar-refractivity contribution in [2.75, 3.05) is 25.0 Å². The zero-order valence-electron chi connectivity index (χ0n) is 12.0. The molecule has 1 aromatic rings. The molecule has 6 nitrogen and oxygen atoms in total. The maximum Gasteiger partial charge on any atom is 0.238 e. The number of carbonyl (C=O) groups excluding carboxylic acids is 1. The number of aromatic nitrogens is 2. The number of anilines is 1. The Kier molecular flexibility index (Phi) is 4.21. The number of hydrogen-bond acceptors (Lipinski definition) is 4. The summed E-state index contributed by atoms with van der Waals surface area (Å²) in [5, 5.41) is 9.85. The third-order valence-corrected chi connectivity index (χ3v) is 3.25. The van der Waals surface area contributed by atoms with Crippen LogP contribution in [-0.4, -0.2) is 52.8 Å². The van der Waals surface area contributed by atoms with Gasteiger partial charge >= 0.3 is 0 Å². The lowest BCUT2D eigenvalue weighted by Gasteiger charge is -2.34. The molecule has 6 heteroatoms. The zero-order valence-corrected chi connectivity index (χ0v) is 12.0. The van der Waals surface area contributed by atoms with Crippen LogP contribution >= 0.6 is 0 Å². The lowest BCUT2D eigenvalue weighted by Crippen LogP contribution is -2.48. The fraction of sp³-hybridized carbons (Fsp3) is 0.692. The molecule has 1 aliphatic rings. The number of morpholine rings is 1. The minimum Gasteiger partial charge on any atom is -0.373 e. The molecule has 0 aliphatic carbocycles. The van der Waals surface area contributed by atoms with Crippen LogP contribution in [0.2, 0.25) is 0 Å². The summed E-state index contributed by atoms with van der Waals surface area (Å²) in [5.74, 6) is -0.00565. The molecular weight excluding hydrogens is 244 g/mol. The molecule has 1 aliphatic heterocycles. The Hall–Kier alpha value is -1.40. The van der Waals surface area contributed by atoms with E-state index in [1.807, 2.05) is 27.7 Å². The maximum atomic E-state index is 12.1. The van der Waals surface area contributed by atoms with Gasteiger partial charge in [0.2, 0.25) is 5.91 Å². The smallest absolute Gasteiger partial charge is 0.238 e. The van der Waals surface area contributed by atoms with Gasteiger partial charge in [-0.15, -0.1) is 0 Å². The van der Waals surface area contributed by atoms with Crippen molar-refractivity contribution < 1.29 is 9.53 Å². The number of carbonyl (C=O) groups is 1. The highest BCUT2D eigenvalue weighted by Gasteiger charge is 2.24. The lowest BCUT2D eigenvalue weighted by atomic mass is 10.2. The number of amides is 1. The van der Waals surface area contributed by atoms with Gasteiger partial charge in [-0.25, -0.2) is 0 Å². The van der Waals surface area contributed by atoms with Crippen molar-refractivity contribution in [1.29, 1.82) is 0 Å². The molecule has 1 saturated heterocycles. The number of hydrogen-bond donors (Lipinski definition) is 2. The summed E-state index contributed by atoms with van der Waals surface area (Å²) in [5.41, 5.74) is 2.49. The highest BCUT2D eigenvalue weighted by molar-refractivity contribution is 5.93. The molecule has 106 valence electrons. The molecule has 1 fully saturated rings. The molecule has 2 rings (SSSR count). The highest BCUT2D eigenvalue weighted by Crippen LogP contribution is 2.16. The van der Waals surface area contributed by atoms with E-state index in [9.17, 15) is 4.79 Å². The Balaban J connectivity index is 1.91. The van der Waals surface area contributed by atoms with Crippen LogP contribution in [0.4, 0.5) is 5.69 Å².